The lowest BCUT2D eigenvalue weighted by Gasteiger charge is -2.18. The molecule has 2 N–H and O–H groups in total. The van der Waals surface area contributed by atoms with E-state index in [0.29, 0.717) is 5.92 Å². The molecule has 0 aliphatic heterocycles. The summed E-state index contributed by atoms with van der Waals surface area (Å²) >= 11 is 0. The Morgan fingerprint density at radius 1 is 1.19 bits per heavy atom. The van der Waals surface area contributed by atoms with Crippen LogP contribution in [0.2, 0.25) is 0 Å². The van der Waals surface area contributed by atoms with Crippen molar-refractivity contribution in [2.75, 3.05) is 5.73 Å². The summed E-state index contributed by atoms with van der Waals surface area (Å²) in [5.41, 5.74) is 9.51. The van der Waals surface area contributed by atoms with Gasteiger partial charge in [0, 0.05) is 5.69 Å². The van der Waals surface area contributed by atoms with E-state index in [9.17, 15) is 0 Å². The van der Waals surface area contributed by atoms with Crippen LogP contribution in [-0.4, -0.2) is 0 Å². The molecule has 0 heterocycles. The van der Waals surface area contributed by atoms with E-state index in [1.54, 1.807) is 0 Å². The largest absolute Gasteiger partial charge is 0.399 e. The van der Waals surface area contributed by atoms with Gasteiger partial charge in [0.05, 0.1) is 0 Å². The van der Waals surface area contributed by atoms with Crippen LogP contribution in [-0.2, 0) is 0 Å². The van der Waals surface area contributed by atoms with Crippen molar-refractivity contribution in [3.05, 3.63) is 29.3 Å². The molecule has 1 aromatic rings. The second-order valence-corrected chi connectivity index (χ2v) is 4.72. The monoisotopic (exact) mass is 219 g/mol. The lowest BCUT2D eigenvalue weighted by Crippen LogP contribution is -2.01. The molecule has 0 saturated heterocycles. The smallest absolute Gasteiger partial charge is 0.0316 e. The molecule has 1 nitrogen and oxygen atoms in total. The molecule has 0 saturated carbocycles. The third-order valence-corrected chi connectivity index (χ3v) is 3.38. The van der Waals surface area contributed by atoms with Crippen molar-refractivity contribution >= 4 is 5.69 Å². The summed E-state index contributed by atoms with van der Waals surface area (Å²) < 4.78 is 0. The van der Waals surface area contributed by atoms with Gasteiger partial charge in [-0.15, -0.1) is 0 Å². The molecule has 0 bridgehead atoms. The van der Waals surface area contributed by atoms with Gasteiger partial charge in [-0.25, -0.2) is 0 Å². The fourth-order valence-electron chi connectivity index (χ4n) is 2.38. The molecule has 1 aromatic carbocycles. The third kappa shape index (κ3) is 3.55. The maximum Gasteiger partial charge on any atom is 0.0316 e. The maximum atomic E-state index is 5.79. The molecule has 1 heteroatoms. The van der Waals surface area contributed by atoms with Crippen LogP contribution < -0.4 is 5.73 Å². The van der Waals surface area contributed by atoms with Gasteiger partial charge >= 0.3 is 0 Å². The number of unbranched alkanes of at least 4 members (excludes halogenated alkanes) is 2. The quantitative estimate of drug-likeness (QED) is 0.547. The van der Waals surface area contributed by atoms with Crippen molar-refractivity contribution in [2.45, 2.75) is 58.8 Å². The van der Waals surface area contributed by atoms with Crippen LogP contribution >= 0.6 is 0 Å². The van der Waals surface area contributed by atoms with Gasteiger partial charge in [0.1, 0.15) is 0 Å². The highest BCUT2D eigenvalue weighted by molar-refractivity contribution is 5.45. The van der Waals surface area contributed by atoms with E-state index in [1.807, 2.05) is 6.07 Å². The number of nitrogen functional groups attached to an aromatic ring is 1. The molecule has 0 aromatic heterocycles. The fourth-order valence-corrected chi connectivity index (χ4v) is 2.38. The molecular formula is C15H25N. The zero-order chi connectivity index (χ0) is 12.0. The van der Waals surface area contributed by atoms with Crippen LogP contribution in [0.25, 0.3) is 0 Å². The molecule has 1 rings (SSSR count). The Labute approximate surface area is 100 Å². The molecule has 0 amide bonds. The van der Waals surface area contributed by atoms with Crippen LogP contribution in [0.1, 0.15) is 63.0 Å². The predicted molar refractivity (Wildman–Crippen MR) is 72.8 cm³/mol. The van der Waals surface area contributed by atoms with Crippen LogP contribution in [0.15, 0.2) is 18.2 Å². The molecule has 16 heavy (non-hydrogen) atoms. The zero-order valence-corrected chi connectivity index (χ0v) is 10.9. The van der Waals surface area contributed by atoms with Crippen LogP contribution in [0.4, 0.5) is 5.69 Å². The number of hydrogen-bond acceptors (Lipinski definition) is 1. The van der Waals surface area contributed by atoms with Crippen molar-refractivity contribution < 1.29 is 0 Å². The molecule has 0 radical (unpaired) electrons. The van der Waals surface area contributed by atoms with E-state index < -0.39 is 0 Å². The van der Waals surface area contributed by atoms with Gasteiger partial charge in [0.15, 0.2) is 0 Å². The molecule has 0 fully saturated rings. The van der Waals surface area contributed by atoms with Gasteiger partial charge in [-0.2, -0.15) is 0 Å². The first-order valence-corrected chi connectivity index (χ1v) is 6.55. The molecular weight excluding hydrogens is 194 g/mol. The Morgan fingerprint density at radius 3 is 2.50 bits per heavy atom. The first kappa shape index (κ1) is 13.1. The van der Waals surface area contributed by atoms with Gasteiger partial charge in [0.25, 0.3) is 0 Å². The lowest BCUT2D eigenvalue weighted by molar-refractivity contribution is 0.551. The molecule has 90 valence electrons. The highest BCUT2D eigenvalue weighted by Gasteiger charge is 2.11. The van der Waals surface area contributed by atoms with Gasteiger partial charge in [-0.1, -0.05) is 39.2 Å². The van der Waals surface area contributed by atoms with Crippen molar-refractivity contribution in [1.29, 1.82) is 0 Å². The number of rotatable bonds is 6. The summed E-state index contributed by atoms with van der Waals surface area (Å²) in [5.74, 6) is 0.715. The number of aryl methyl sites for hydroxylation is 1. The Kier molecular flexibility index (Phi) is 5.37. The van der Waals surface area contributed by atoms with E-state index in [0.717, 1.165) is 5.69 Å². The number of anilines is 1. The second-order valence-electron chi connectivity index (χ2n) is 4.72. The minimum atomic E-state index is 0.715. The SMILES string of the molecule is CCCCCC(CC)c1ccc(N)cc1C. The van der Waals surface area contributed by atoms with E-state index in [-0.39, 0.29) is 0 Å². The normalized spacial score (nSPS) is 12.7. The first-order chi connectivity index (χ1) is 7.69. The summed E-state index contributed by atoms with van der Waals surface area (Å²) in [6.07, 6.45) is 6.55. The first-order valence-electron chi connectivity index (χ1n) is 6.55. The van der Waals surface area contributed by atoms with Gasteiger partial charge < -0.3 is 5.73 Å². The van der Waals surface area contributed by atoms with Crippen molar-refractivity contribution in [2.24, 2.45) is 0 Å². The highest BCUT2D eigenvalue weighted by Crippen LogP contribution is 2.29. The van der Waals surface area contributed by atoms with E-state index in [4.69, 9.17) is 5.73 Å². The highest BCUT2D eigenvalue weighted by atomic mass is 14.5. The molecule has 0 spiro atoms. The van der Waals surface area contributed by atoms with Crippen molar-refractivity contribution in [3.63, 3.8) is 0 Å². The van der Waals surface area contributed by atoms with Crippen LogP contribution in [0.3, 0.4) is 0 Å². The van der Waals surface area contributed by atoms with E-state index in [2.05, 4.69) is 32.9 Å². The number of nitrogens with two attached hydrogens (primary N) is 1. The molecule has 1 unspecified atom stereocenters. The summed E-state index contributed by atoms with van der Waals surface area (Å²) in [7, 11) is 0. The van der Waals surface area contributed by atoms with Crippen LogP contribution in [0.5, 0.6) is 0 Å². The third-order valence-electron chi connectivity index (χ3n) is 3.38. The average Bonchev–Trinajstić information content (AvgIpc) is 2.26. The standard InChI is InChI=1S/C15H25N/c1-4-6-7-8-13(5-2)15-10-9-14(16)11-12(15)3/h9-11,13H,4-8,16H2,1-3H3. The van der Waals surface area contributed by atoms with E-state index in [1.165, 1.54) is 43.2 Å². The summed E-state index contributed by atoms with van der Waals surface area (Å²) in [6, 6.07) is 6.34. The lowest BCUT2D eigenvalue weighted by atomic mass is 9.88. The Hall–Kier alpha value is -0.980. The van der Waals surface area contributed by atoms with Gasteiger partial charge in [-0.05, 0) is 48.9 Å². The average molecular weight is 219 g/mol. The second kappa shape index (κ2) is 6.57. The van der Waals surface area contributed by atoms with Gasteiger partial charge in [-0.3, -0.25) is 0 Å². The minimum Gasteiger partial charge on any atom is -0.399 e. The topological polar surface area (TPSA) is 26.0 Å². The summed E-state index contributed by atoms with van der Waals surface area (Å²) in [5, 5.41) is 0. The van der Waals surface area contributed by atoms with Crippen LogP contribution in [0, 0.1) is 6.92 Å². The maximum absolute atomic E-state index is 5.79. The molecule has 0 aliphatic rings. The van der Waals surface area contributed by atoms with E-state index >= 15 is 0 Å². The number of benzene rings is 1. The molecule has 1 atom stereocenters. The minimum absolute atomic E-state index is 0.715. The predicted octanol–water partition coefficient (Wildman–Crippen LogP) is 4.65. The molecule has 0 aliphatic carbocycles. The Balaban J connectivity index is 2.70. The Bertz CT molecular complexity index is 317. The number of hydrogen-bond donors (Lipinski definition) is 1. The Morgan fingerprint density at radius 2 is 1.94 bits per heavy atom. The van der Waals surface area contributed by atoms with Gasteiger partial charge in [0.2, 0.25) is 0 Å². The summed E-state index contributed by atoms with van der Waals surface area (Å²) in [4.78, 5) is 0. The summed E-state index contributed by atoms with van der Waals surface area (Å²) in [6.45, 7) is 6.72. The van der Waals surface area contributed by atoms with Crippen molar-refractivity contribution in [1.82, 2.24) is 0 Å². The van der Waals surface area contributed by atoms with Crippen molar-refractivity contribution in [3.8, 4) is 0 Å². The fraction of sp³-hybridized carbons (Fsp3) is 0.600. The zero-order valence-electron chi connectivity index (χ0n) is 10.9.